The van der Waals surface area contributed by atoms with Crippen LogP contribution in [0, 0.1) is 3.57 Å². The van der Waals surface area contributed by atoms with E-state index in [1.807, 2.05) is 12.1 Å². The molecule has 72 valence electrons. The molecule has 0 spiro atoms. The van der Waals surface area contributed by atoms with E-state index >= 15 is 0 Å². The van der Waals surface area contributed by atoms with E-state index in [1.165, 1.54) is 11.0 Å². The number of benzene rings is 1. The second-order valence-corrected chi connectivity index (χ2v) is 4.25. The van der Waals surface area contributed by atoms with Gasteiger partial charge in [-0.15, -0.1) is 9.90 Å². The van der Waals surface area contributed by atoms with Crippen molar-refractivity contribution in [1.82, 2.24) is 15.0 Å². The minimum atomic E-state index is 0.399. The predicted molar refractivity (Wildman–Crippen MR) is 63.5 cm³/mol. The van der Waals surface area contributed by atoms with Gasteiger partial charge in [-0.3, -0.25) is 0 Å². The van der Waals surface area contributed by atoms with Gasteiger partial charge in [-0.1, -0.05) is 11.6 Å². The van der Waals surface area contributed by atoms with Crippen LogP contribution in [0.2, 0.25) is 5.02 Å². The minimum absolute atomic E-state index is 0.399. The summed E-state index contributed by atoms with van der Waals surface area (Å²) in [6, 6.07) is 5.49. The minimum Gasteiger partial charge on any atom is -0.381 e. The Morgan fingerprint density at radius 2 is 2.21 bits per heavy atom. The van der Waals surface area contributed by atoms with Gasteiger partial charge in [0.2, 0.25) is 0 Å². The number of halogens is 2. The molecule has 6 heteroatoms. The number of aromatic nitrogens is 3. The standard InChI is InChI=1S/C8H6ClIN4/c9-5-1-2-7(6(10)3-5)14-12-4-8(11)13-14/h1-4H,(H2,11,13). The van der Waals surface area contributed by atoms with Gasteiger partial charge >= 0.3 is 0 Å². The van der Waals surface area contributed by atoms with E-state index in [-0.39, 0.29) is 0 Å². The van der Waals surface area contributed by atoms with Gasteiger partial charge in [0.05, 0.1) is 11.9 Å². The highest BCUT2D eigenvalue weighted by Crippen LogP contribution is 2.20. The molecule has 1 heterocycles. The van der Waals surface area contributed by atoms with Crippen LogP contribution >= 0.6 is 34.2 Å². The SMILES string of the molecule is Nc1cnn(-c2ccc(Cl)cc2I)n1. The molecule has 0 unspecified atom stereocenters. The van der Waals surface area contributed by atoms with Gasteiger partial charge < -0.3 is 5.73 Å². The van der Waals surface area contributed by atoms with Crippen LogP contribution < -0.4 is 5.73 Å². The highest BCUT2D eigenvalue weighted by molar-refractivity contribution is 14.1. The van der Waals surface area contributed by atoms with E-state index in [9.17, 15) is 0 Å². The van der Waals surface area contributed by atoms with Crippen molar-refractivity contribution < 1.29 is 0 Å². The molecule has 2 rings (SSSR count). The number of hydrogen-bond acceptors (Lipinski definition) is 3. The third-order valence-electron chi connectivity index (χ3n) is 1.63. The third-order valence-corrected chi connectivity index (χ3v) is 2.73. The van der Waals surface area contributed by atoms with Gasteiger partial charge in [0.1, 0.15) is 0 Å². The smallest absolute Gasteiger partial charge is 0.166 e. The van der Waals surface area contributed by atoms with Crippen LogP contribution in [0.15, 0.2) is 24.4 Å². The quantitative estimate of drug-likeness (QED) is 0.819. The number of anilines is 1. The molecule has 0 amide bonds. The molecule has 0 aliphatic heterocycles. The Morgan fingerprint density at radius 3 is 2.79 bits per heavy atom. The Labute approximate surface area is 99.2 Å². The first-order valence-electron chi connectivity index (χ1n) is 3.80. The maximum Gasteiger partial charge on any atom is 0.166 e. The largest absolute Gasteiger partial charge is 0.381 e. The fourth-order valence-electron chi connectivity index (χ4n) is 1.03. The van der Waals surface area contributed by atoms with Gasteiger partial charge in [-0.25, -0.2) is 0 Å². The average molecular weight is 321 g/mol. The van der Waals surface area contributed by atoms with Crippen molar-refractivity contribution in [3.8, 4) is 5.69 Å². The van der Waals surface area contributed by atoms with Crippen molar-refractivity contribution in [2.24, 2.45) is 0 Å². The summed E-state index contributed by atoms with van der Waals surface area (Å²) in [7, 11) is 0. The van der Waals surface area contributed by atoms with E-state index in [1.54, 1.807) is 6.07 Å². The summed E-state index contributed by atoms with van der Waals surface area (Å²) in [4.78, 5) is 1.48. The first-order valence-corrected chi connectivity index (χ1v) is 5.26. The monoisotopic (exact) mass is 320 g/mol. The summed E-state index contributed by atoms with van der Waals surface area (Å²) in [6.07, 6.45) is 1.50. The van der Waals surface area contributed by atoms with Crippen LogP contribution in [-0.4, -0.2) is 15.0 Å². The zero-order chi connectivity index (χ0) is 10.1. The molecule has 1 aromatic carbocycles. The fourth-order valence-corrected chi connectivity index (χ4v) is 2.12. The Morgan fingerprint density at radius 1 is 1.43 bits per heavy atom. The van der Waals surface area contributed by atoms with Crippen LogP contribution in [0.5, 0.6) is 0 Å². The van der Waals surface area contributed by atoms with Crippen molar-refractivity contribution in [1.29, 1.82) is 0 Å². The van der Waals surface area contributed by atoms with E-state index in [0.29, 0.717) is 10.8 Å². The van der Waals surface area contributed by atoms with Crippen LogP contribution in [0.4, 0.5) is 5.82 Å². The summed E-state index contributed by atoms with van der Waals surface area (Å²) in [6.45, 7) is 0. The summed E-state index contributed by atoms with van der Waals surface area (Å²) < 4.78 is 0.978. The third kappa shape index (κ3) is 1.83. The van der Waals surface area contributed by atoms with E-state index in [4.69, 9.17) is 17.3 Å². The topological polar surface area (TPSA) is 56.7 Å². The molecular formula is C8H6ClIN4. The Hall–Kier alpha value is -0.820. The molecule has 4 nitrogen and oxygen atoms in total. The van der Waals surface area contributed by atoms with Crippen molar-refractivity contribution in [2.75, 3.05) is 5.73 Å². The lowest BCUT2D eigenvalue weighted by Crippen LogP contribution is -2.01. The predicted octanol–water partition coefficient (Wildman–Crippen LogP) is 2.11. The van der Waals surface area contributed by atoms with Crippen molar-refractivity contribution in [3.63, 3.8) is 0 Å². The number of nitrogen functional groups attached to an aromatic ring is 1. The van der Waals surface area contributed by atoms with Crippen molar-refractivity contribution in [2.45, 2.75) is 0 Å². The van der Waals surface area contributed by atoms with E-state index < -0.39 is 0 Å². The molecule has 2 N–H and O–H groups in total. The molecule has 0 atom stereocenters. The molecule has 0 fully saturated rings. The number of nitrogens with zero attached hydrogens (tertiary/aromatic N) is 3. The molecule has 0 saturated carbocycles. The van der Waals surface area contributed by atoms with E-state index in [2.05, 4.69) is 32.8 Å². The zero-order valence-electron chi connectivity index (χ0n) is 6.98. The summed E-state index contributed by atoms with van der Waals surface area (Å²) >= 11 is 8.00. The molecule has 0 radical (unpaired) electrons. The van der Waals surface area contributed by atoms with Crippen LogP contribution in [-0.2, 0) is 0 Å². The summed E-state index contributed by atoms with van der Waals surface area (Å²) in [5, 5.41) is 8.71. The van der Waals surface area contributed by atoms with Gasteiger partial charge in [0, 0.05) is 8.59 Å². The van der Waals surface area contributed by atoms with Gasteiger partial charge in [-0.2, -0.15) is 5.10 Å². The van der Waals surface area contributed by atoms with Crippen LogP contribution in [0.1, 0.15) is 0 Å². The Balaban J connectivity index is 2.52. The van der Waals surface area contributed by atoms with E-state index in [0.717, 1.165) is 9.26 Å². The Bertz CT molecular complexity index is 468. The van der Waals surface area contributed by atoms with Crippen LogP contribution in [0.25, 0.3) is 5.69 Å². The second kappa shape index (κ2) is 3.74. The van der Waals surface area contributed by atoms with Gasteiger partial charge in [0.25, 0.3) is 0 Å². The fraction of sp³-hybridized carbons (Fsp3) is 0. The molecule has 0 aliphatic carbocycles. The van der Waals surface area contributed by atoms with Gasteiger partial charge in [-0.05, 0) is 40.8 Å². The molecule has 2 aromatic rings. The van der Waals surface area contributed by atoms with Crippen molar-refractivity contribution >= 4 is 40.0 Å². The molecule has 1 aromatic heterocycles. The van der Waals surface area contributed by atoms with Gasteiger partial charge in [0.15, 0.2) is 5.82 Å². The average Bonchev–Trinajstić information content (AvgIpc) is 2.51. The molecular weight excluding hydrogens is 314 g/mol. The number of nitrogens with two attached hydrogens (primary N) is 1. The zero-order valence-corrected chi connectivity index (χ0v) is 9.90. The van der Waals surface area contributed by atoms with Crippen LogP contribution in [0.3, 0.4) is 0 Å². The lowest BCUT2D eigenvalue weighted by molar-refractivity contribution is 0.751. The highest BCUT2D eigenvalue weighted by Gasteiger charge is 2.05. The molecule has 0 bridgehead atoms. The lowest BCUT2D eigenvalue weighted by atomic mass is 10.3. The van der Waals surface area contributed by atoms with Crippen molar-refractivity contribution in [3.05, 3.63) is 33.0 Å². The molecule has 0 saturated heterocycles. The highest BCUT2D eigenvalue weighted by atomic mass is 127. The maximum absolute atomic E-state index is 5.83. The lowest BCUT2D eigenvalue weighted by Gasteiger charge is -2.02. The number of rotatable bonds is 1. The second-order valence-electron chi connectivity index (χ2n) is 2.65. The molecule has 0 aliphatic rings. The first-order chi connectivity index (χ1) is 6.66. The normalized spacial score (nSPS) is 10.4. The summed E-state index contributed by atoms with van der Waals surface area (Å²) in [5.41, 5.74) is 6.34. The maximum atomic E-state index is 5.83. The number of hydrogen-bond donors (Lipinski definition) is 1. The molecule has 14 heavy (non-hydrogen) atoms. The first kappa shape index (κ1) is 9.72. The summed E-state index contributed by atoms with van der Waals surface area (Å²) in [5.74, 6) is 0.399. The Kier molecular flexibility index (Phi) is 2.60.